The fraction of sp³-hybridized carbons (Fsp3) is 0.105. The smallest absolute Gasteiger partial charge is 0.416 e. The quantitative estimate of drug-likeness (QED) is 0.412. The van der Waals surface area contributed by atoms with Gasteiger partial charge < -0.3 is 15.4 Å². The number of carbonyl (C=O) groups is 1. The molecular weight excluding hydrogens is 458 g/mol. The first-order valence-corrected chi connectivity index (χ1v) is 9.29. The van der Waals surface area contributed by atoms with Gasteiger partial charge in [0.15, 0.2) is 0 Å². The number of halogens is 5. The van der Waals surface area contributed by atoms with Gasteiger partial charge in [0.25, 0.3) is 0 Å². The van der Waals surface area contributed by atoms with Crippen molar-refractivity contribution in [3.8, 4) is 5.75 Å². The molecular formula is C19H14Cl2F3N5O2. The summed E-state index contributed by atoms with van der Waals surface area (Å²) in [5.41, 5.74) is -0.613. The van der Waals surface area contributed by atoms with Crippen LogP contribution in [0.1, 0.15) is 5.56 Å². The summed E-state index contributed by atoms with van der Waals surface area (Å²) in [5, 5.41) is 8.17. The maximum atomic E-state index is 13.0. The van der Waals surface area contributed by atoms with E-state index in [1.165, 1.54) is 19.2 Å². The maximum Gasteiger partial charge on any atom is 0.416 e. The molecule has 1 heterocycles. The summed E-state index contributed by atoms with van der Waals surface area (Å²) in [6, 6.07) is 8.35. The predicted molar refractivity (Wildman–Crippen MR) is 112 cm³/mol. The van der Waals surface area contributed by atoms with Gasteiger partial charge >= 0.3 is 12.2 Å². The molecule has 0 saturated carbocycles. The van der Waals surface area contributed by atoms with Gasteiger partial charge in [-0.3, -0.25) is 5.32 Å². The number of nitrogens with one attached hydrogen (secondary N) is 3. The van der Waals surface area contributed by atoms with Crippen LogP contribution >= 0.6 is 23.2 Å². The third kappa shape index (κ3) is 5.68. The van der Waals surface area contributed by atoms with Crippen LogP contribution in [-0.4, -0.2) is 23.1 Å². The Balaban J connectivity index is 1.77. The molecule has 3 N–H and O–H groups in total. The summed E-state index contributed by atoms with van der Waals surface area (Å²) in [4.78, 5) is 20.1. The van der Waals surface area contributed by atoms with E-state index in [0.717, 1.165) is 18.5 Å². The highest BCUT2D eigenvalue weighted by Gasteiger charge is 2.31. The minimum absolute atomic E-state index is 0.0364. The number of methoxy groups -OCH3 is 1. The van der Waals surface area contributed by atoms with Gasteiger partial charge in [-0.2, -0.15) is 13.2 Å². The monoisotopic (exact) mass is 471 g/mol. The van der Waals surface area contributed by atoms with Crippen LogP contribution < -0.4 is 20.7 Å². The number of anilines is 4. The Labute approximate surface area is 184 Å². The minimum Gasteiger partial charge on any atom is -0.495 e. The van der Waals surface area contributed by atoms with Crippen LogP contribution in [0.4, 0.5) is 41.0 Å². The van der Waals surface area contributed by atoms with E-state index in [2.05, 4.69) is 25.9 Å². The Morgan fingerprint density at radius 1 is 1.00 bits per heavy atom. The van der Waals surface area contributed by atoms with Crippen LogP contribution in [0.25, 0.3) is 0 Å². The molecule has 0 aliphatic carbocycles. The Kier molecular flexibility index (Phi) is 6.71. The second kappa shape index (κ2) is 9.27. The van der Waals surface area contributed by atoms with Crippen LogP contribution in [-0.2, 0) is 6.18 Å². The van der Waals surface area contributed by atoms with E-state index in [-0.39, 0.29) is 38.8 Å². The second-order valence-corrected chi connectivity index (χ2v) is 6.82. The highest BCUT2D eigenvalue weighted by Crippen LogP contribution is 2.36. The van der Waals surface area contributed by atoms with E-state index in [1.54, 1.807) is 18.2 Å². The lowest BCUT2D eigenvalue weighted by molar-refractivity contribution is -0.137. The van der Waals surface area contributed by atoms with E-state index >= 15 is 0 Å². The molecule has 7 nitrogen and oxygen atoms in total. The summed E-state index contributed by atoms with van der Waals surface area (Å²) in [6.07, 6.45) is -3.40. The molecule has 1 aromatic heterocycles. The third-order valence-electron chi connectivity index (χ3n) is 3.90. The topological polar surface area (TPSA) is 88.2 Å². The van der Waals surface area contributed by atoms with Crippen LogP contribution in [0, 0.1) is 0 Å². The standard InChI is InChI=1S/C19H14Cl2F3N5O2/c1-31-14-6-5-10(19(22,23)24)7-13(14)27-15-8-16(26-9-25-15)28-18(30)29-17-11(20)3-2-4-12(17)21/h2-9H,1H3,(H3,25,26,27,28,29,30). The Morgan fingerprint density at radius 2 is 1.68 bits per heavy atom. The van der Waals surface area contributed by atoms with Crippen LogP contribution in [0.2, 0.25) is 10.0 Å². The summed E-state index contributed by atoms with van der Waals surface area (Å²) in [6.45, 7) is 0. The predicted octanol–water partition coefficient (Wildman–Crippen LogP) is 6.20. The largest absolute Gasteiger partial charge is 0.495 e. The number of urea groups is 1. The van der Waals surface area contributed by atoms with E-state index in [4.69, 9.17) is 27.9 Å². The zero-order valence-electron chi connectivity index (χ0n) is 15.7. The molecule has 3 rings (SSSR count). The van der Waals surface area contributed by atoms with E-state index in [1.807, 2.05) is 0 Å². The summed E-state index contributed by atoms with van der Waals surface area (Å²) < 4.78 is 44.1. The third-order valence-corrected chi connectivity index (χ3v) is 4.53. The summed E-state index contributed by atoms with van der Waals surface area (Å²) in [5.74, 6) is 0.370. The lowest BCUT2D eigenvalue weighted by atomic mass is 10.1. The number of carbonyl (C=O) groups excluding carboxylic acids is 1. The molecule has 0 fully saturated rings. The average molecular weight is 472 g/mol. The second-order valence-electron chi connectivity index (χ2n) is 6.00. The number of benzene rings is 2. The van der Waals surface area contributed by atoms with E-state index < -0.39 is 17.8 Å². The lowest BCUT2D eigenvalue weighted by Gasteiger charge is -2.14. The fourth-order valence-electron chi connectivity index (χ4n) is 2.49. The van der Waals surface area contributed by atoms with E-state index in [9.17, 15) is 18.0 Å². The van der Waals surface area contributed by atoms with Gasteiger partial charge in [0, 0.05) is 6.07 Å². The molecule has 0 aliphatic rings. The minimum atomic E-state index is -4.53. The number of nitrogens with zero attached hydrogens (tertiary/aromatic N) is 2. The van der Waals surface area contributed by atoms with Crippen molar-refractivity contribution in [2.45, 2.75) is 6.18 Å². The first kappa shape index (κ1) is 22.4. The molecule has 0 spiro atoms. The average Bonchev–Trinajstić information content (AvgIpc) is 2.70. The van der Waals surface area contributed by atoms with Crippen molar-refractivity contribution in [3.63, 3.8) is 0 Å². The molecule has 0 bridgehead atoms. The van der Waals surface area contributed by atoms with Crippen molar-refractivity contribution in [3.05, 3.63) is 64.4 Å². The number of ether oxygens (including phenoxy) is 1. The van der Waals surface area contributed by atoms with Gasteiger partial charge in [-0.1, -0.05) is 29.3 Å². The molecule has 0 aliphatic heterocycles. The van der Waals surface area contributed by atoms with Crippen molar-refractivity contribution in [2.75, 3.05) is 23.1 Å². The van der Waals surface area contributed by atoms with Gasteiger partial charge in [0.2, 0.25) is 0 Å². The summed E-state index contributed by atoms with van der Waals surface area (Å²) >= 11 is 12.0. The van der Waals surface area contributed by atoms with Crippen molar-refractivity contribution in [2.24, 2.45) is 0 Å². The first-order valence-electron chi connectivity index (χ1n) is 8.53. The van der Waals surface area contributed by atoms with Crippen molar-refractivity contribution in [1.82, 2.24) is 9.97 Å². The Bertz CT molecular complexity index is 1090. The molecule has 0 atom stereocenters. The van der Waals surface area contributed by atoms with E-state index in [0.29, 0.717) is 0 Å². The zero-order valence-corrected chi connectivity index (χ0v) is 17.2. The SMILES string of the molecule is COc1ccc(C(F)(F)F)cc1Nc1cc(NC(=O)Nc2c(Cl)cccc2Cl)ncn1. The normalized spacial score (nSPS) is 11.0. The van der Waals surface area contributed by atoms with Gasteiger partial charge in [-0.25, -0.2) is 14.8 Å². The molecule has 0 saturated heterocycles. The lowest BCUT2D eigenvalue weighted by Crippen LogP contribution is -2.20. The van der Waals surface area contributed by atoms with Crippen LogP contribution in [0.15, 0.2) is 48.8 Å². The van der Waals surface area contributed by atoms with Crippen molar-refractivity contribution < 1.29 is 22.7 Å². The molecule has 2 aromatic carbocycles. The number of alkyl halides is 3. The molecule has 0 unspecified atom stereocenters. The van der Waals surface area contributed by atoms with Crippen molar-refractivity contribution >= 4 is 52.2 Å². The van der Waals surface area contributed by atoms with Gasteiger partial charge in [0.1, 0.15) is 23.7 Å². The van der Waals surface area contributed by atoms with Gasteiger partial charge in [0.05, 0.1) is 34.1 Å². The van der Waals surface area contributed by atoms with Crippen molar-refractivity contribution in [1.29, 1.82) is 0 Å². The molecule has 31 heavy (non-hydrogen) atoms. The zero-order chi connectivity index (χ0) is 22.6. The number of rotatable bonds is 5. The highest BCUT2D eigenvalue weighted by atomic mass is 35.5. The number of hydrogen-bond acceptors (Lipinski definition) is 5. The van der Waals surface area contributed by atoms with Gasteiger partial charge in [-0.15, -0.1) is 0 Å². The Hall–Kier alpha value is -3.24. The molecule has 3 aromatic rings. The molecule has 12 heteroatoms. The summed E-state index contributed by atoms with van der Waals surface area (Å²) in [7, 11) is 1.32. The highest BCUT2D eigenvalue weighted by molar-refractivity contribution is 6.39. The van der Waals surface area contributed by atoms with Crippen LogP contribution in [0.5, 0.6) is 5.75 Å². The fourth-order valence-corrected chi connectivity index (χ4v) is 2.98. The van der Waals surface area contributed by atoms with Gasteiger partial charge in [-0.05, 0) is 30.3 Å². The number of aromatic nitrogens is 2. The molecule has 162 valence electrons. The number of para-hydroxylation sites is 1. The first-order chi connectivity index (χ1) is 14.7. The number of amides is 2. The Morgan fingerprint density at radius 3 is 2.32 bits per heavy atom. The maximum absolute atomic E-state index is 13.0. The van der Waals surface area contributed by atoms with Crippen LogP contribution in [0.3, 0.4) is 0 Å². The number of hydrogen-bond donors (Lipinski definition) is 3. The molecule has 0 radical (unpaired) electrons. The molecule has 2 amide bonds.